The van der Waals surface area contributed by atoms with Crippen LogP contribution in [0.1, 0.15) is 42.4 Å². The lowest BCUT2D eigenvalue weighted by Gasteiger charge is -2.29. The van der Waals surface area contributed by atoms with E-state index in [0.717, 1.165) is 42.4 Å². The van der Waals surface area contributed by atoms with E-state index < -0.39 is 0 Å². The van der Waals surface area contributed by atoms with Crippen molar-refractivity contribution in [2.45, 2.75) is 44.4 Å². The van der Waals surface area contributed by atoms with E-state index in [1.54, 1.807) is 12.1 Å². The zero-order valence-electron chi connectivity index (χ0n) is 19.2. The van der Waals surface area contributed by atoms with E-state index in [4.69, 9.17) is 9.47 Å². The number of carbonyl (C=O) groups excluding carboxylic acids is 1. The summed E-state index contributed by atoms with van der Waals surface area (Å²) in [5.41, 5.74) is 3.34. The molecular formula is C29H30FNO3. The SMILES string of the molecule is O=C(N[C@H]1CC[C@H](OCC(=Cc2ccccc2)c2ccccc2F)CC1)OCc1ccccc1. The fourth-order valence-electron chi connectivity index (χ4n) is 4.18. The Morgan fingerprint density at radius 1 is 0.882 bits per heavy atom. The molecule has 176 valence electrons. The minimum absolute atomic E-state index is 0.0735. The molecule has 0 aliphatic heterocycles. The first-order chi connectivity index (χ1) is 16.7. The first-order valence-corrected chi connectivity index (χ1v) is 11.8. The number of nitrogens with one attached hydrogen (secondary N) is 1. The lowest BCUT2D eigenvalue weighted by atomic mass is 9.93. The van der Waals surface area contributed by atoms with Crippen LogP contribution in [0, 0.1) is 5.82 Å². The van der Waals surface area contributed by atoms with Gasteiger partial charge in [-0.05, 0) is 54.5 Å². The number of hydrogen-bond acceptors (Lipinski definition) is 3. The maximum Gasteiger partial charge on any atom is 0.407 e. The number of ether oxygens (including phenoxy) is 2. The van der Waals surface area contributed by atoms with Gasteiger partial charge in [0.1, 0.15) is 12.4 Å². The summed E-state index contributed by atoms with van der Waals surface area (Å²) in [5.74, 6) is -0.254. The Hall–Kier alpha value is -3.44. The summed E-state index contributed by atoms with van der Waals surface area (Å²) in [6, 6.07) is 26.4. The molecule has 0 unspecified atom stereocenters. The Morgan fingerprint density at radius 2 is 1.53 bits per heavy atom. The molecule has 34 heavy (non-hydrogen) atoms. The van der Waals surface area contributed by atoms with E-state index in [0.29, 0.717) is 12.2 Å². The summed E-state index contributed by atoms with van der Waals surface area (Å²) in [7, 11) is 0. The molecule has 1 aliphatic carbocycles. The number of hydrogen-bond donors (Lipinski definition) is 1. The average Bonchev–Trinajstić information content (AvgIpc) is 2.88. The van der Waals surface area contributed by atoms with Gasteiger partial charge in [-0.15, -0.1) is 0 Å². The number of alkyl carbamates (subject to hydrolysis) is 1. The molecule has 4 nitrogen and oxygen atoms in total. The molecule has 1 saturated carbocycles. The van der Waals surface area contributed by atoms with Crippen molar-refractivity contribution < 1.29 is 18.7 Å². The second-order valence-electron chi connectivity index (χ2n) is 8.55. The molecule has 1 fully saturated rings. The van der Waals surface area contributed by atoms with Crippen molar-refractivity contribution in [3.8, 4) is 0 Å². The van der Waals surface area contributed by atoms with Gasteiger partial charge in [-0.3, -0.25) is 0 Å². The molecule has 3 aromatic carbocycles. The zero-order chi connectivity index (χ0) is 23.6. The van der Waals surface area contributed by atoms with Gasteiger partial charge in [0.2, 0.25) is 0 Å². The highest BCUT2D eigenvalue weighted by atomic mass is 19.1. The molecule has 0 bridgehead atoms. The average molecular weight is 460 g/mol. The number of rotatable bonds is 8. The first-order valence-electron chi connectivity index (χ1n) is 11.8. The van der Waals surface area contributed by atoms with E-state index in [-0.39, 0.29) is 30.7 Å². The van der Waals surface area contributed by atoms with Gasteiger partial charge < -0.3 is 14.8 Å². The van der Waals surface area contributed by atoms with Crippen LogP contribution < -0.4 is 5.32 Å². The number of carbonyl (C=O) groups is 1. The lowest BCUT2D eigenvalue weighted by Crippen LogP contribution is -2.39. The van der Waals surface area contributed by atoms with Crippen LogP contribution in [0.4, 0.5) is 9.18 Å². The van der Waals surface area contributed by atoms with Crippen LogP contribution in [0.2, 0.25) is 0 Å². The van der Waals surface area contributed by atoms with Crippen molar-refractivity contribution in [3.63, 3.8) is 0 Å². The van der Waals surface area contributed by atoms with Crippen LogP contribution in [-0.2, 0) is 16.1 Å². The maximum absolute atomic E-state index is 14.5. The van der Waals surface area contributed by atoms with Crippen molar-refractivity contribution in [1.82, 2.24) is 5.32 Å². The molecule has 1 amide bonds. The molecule has 4 rings (SSSR count). The van der Waals surface area contributed by atoms with Crippen LogP contribution >= 0.6 is 0 Å². The predicted molar refractivity (Wildman–Crippen MR) is 132 cm³/mol. The summed E-state index contributed by atoms with van der Waals surface area (Å²) >= 11 is 0. The van der Waals surface area contributed by atoms with Crippen LogP contribution in [0.15, 0.2) is 84.9 Å². The zero-order valence-corrected chi connectivity index (χ0v) is 19.2. The van der Waals surface area contributed by atoms with Gasteiger partial charge in [0.05, 0.1) is 12.7 Å². The summed E-state index contributed by atoms with van der Waals surface area (Å²) in [5, 5.41) is 2.96. The Balaban J connectivity index is 1.27. The van der Waals surface area contributed by atoms with Crippen LogP contribution in [-0.4, -0.2) is 24.8 Å². The van der Waals surface area contributed by atoms with Crippen molar-refractivity contribution in [3.05, 3.63) is 107 Å². The Labute approximate surface area is 200 Å². The van der Waals surface area contributed by atoms with Crippen LogP contribution in [0.25, 0.3) is 11.6 Å². The third kappa shape index (κ3) is 7.03. The smallest absolute Gasteiger partial charge is 0.407 e. The Morgan fingerprint density at radius 3 is 2.24 bits per heavy atom. The van der Waals surface area contributed by atoms with E-state index in [2.05, 4.69) is 5.32 Å². The maximum atomic E-state index is 14.5. The molecule has 0 spiro atoms. The lowest BCUT2D eigenvalue weighted by molar-refractivity contribution is 0.0417. The predicted octanol–water partition coefficient (Wildman–Crippen LogP) is 6.62. The summed E-state index contributed by atoms with van der Waals surface area (Å²) in [6.45, 7) is 0.593. The van der Waals surface area contributed by atoms with Crippen LogP contribution in [0.5, 0.6) is 0 Å². The third-order valence-electron chi connectivity index (χ3n) is 6.04. The van der Waals surface area contributed by atoms with E-state index >= 15 is 0 Å². The van der Waals surface area contributed by atoms with Gasteiger partial charge in [-0.25, -0.2) is 9.18 Å². The monoisotopic (exact) mass is 459 g/mol. The first kappa shape index (κ1) is 23.7. The molecule has 1 N–H and O–H groups in total. The minimum atomic E-state index is -0.388. The van der Waals surface area contributed by atoms with Gasteiger partial charge in [0.25, 0.3) is 0 Å². The number of amides is 1. The fraction of sp³-hybridized carbons (Fsp3) is 0.276. The van der Waals surface area contributed by atoms with Gasteiger partial charge in [0, 0.05) is 11.6 Å². The summed E-state index contributed by atoms with van der Waals surface area (Å²) in [4.78, 5) is 12.1. The second-order valence-corrected chi connectivity index (χ2v) is 8.55. The van der Waals surface area contributed by atoms with E-state index in [1.807, 2.05) is 72.8 Å². The fourth-order valence-corrected chi connectivity index (χ4v) is 4.18. The molecule has 0 heterocycles. The molecule has 5 heteroatoms. The molecule has 0 aromatic heterocycles. The molecule has 0 saturated heterocycles. The molecular weight excluding hydrogens is 429 g/mol. The minimum Gasteiger partial charge on any atom is -0.445 e. The standard InChI is InChI=1S/C29H30FNO3/c30-28-14-8-7-13-27(28)24(19-22-9-3-1-4-10-22)21-33-26-17-15-25(16-18-26)31-29(32)34-20-23-11-5-2-6-12-23/h1-14,19,25-26H,15-18,20-21H2,(H,31,32)/t25-,26-. The van der Waals surface area contributed by atoms with Gasteiger partial charge in [-0.2, -0.15) is 0 Å². The third-order valence-corrected chi connectivity index (χ3v) is 6.04. The number of benzene rings is 3. The van der Waals surface area contributed by atoms with Crippen molar-refractivity contribution in [1.29, 1.82) is 0 Å². The quantitative estimate of drug-likeness (QED) is 0.385. The largest absolute Gasteiger partial charge is 0.445 e. The molecule has 1 aliphatic rings. The molecule has 0 radical (unpaired) electrons. The van der Waals surface area contributed by atoms with E-state index in [9.17, 15) is 9.18 Å². The Bertz CT molecular complexity index is 1080. The molecule has 3 aromatic rings. The second kappa shape index (κ2) is 12.1. The number of halogens is 1. The normalized spacial score (nSPS) is 18.3. The van der Waals surface area contributed by atoms with Crippen molar-refractivity contribution in [2.75, 3.05) is 6.61 Å². The summed E-state index contributed by atoms with van der Waals surface area (Å²) < 4.78 is 26.0. The topological polar surface area (TPSA) is 47.6 Å². The molecule has 0 atom stereocenters. The van der Waals surface area contributed by atoms with Gasteiger partial charge in [-0.1, -0.05) is 78.9 Å². The van der Waals surface area contributed by atoms with Gasteiger partial charge in [0.15, 0.2) is 0 Å². The van der Waals surface area contributed by atoms with Crippen LogP contribution in [0.3, 0.4) is 0 Å². The van der Waals surface area contributed by atoms with Crippen molar-refractivity contribution >= 4 is 17.7 Å². The van der Waals surface area contributed by atoms with E-state index in [1.165, 1.54) is 6.07 Å². The highest BCUT2D eigenvalue weighted by molar-refractivity contribution is 5.82. The highest BCUT2D eigenvalue weighted by Gasteiger charge is 2.24. The Kier molecular flexibility index (Phi) is 8.47. The van der Waals surface area contributed by atoms with Crippen molar-refractivity contribution in [2.24, 2.45) is 0 Å². The van der Waals surface area contributed by atoms with Gasteiger partial charge >= 0.3 is 6.09 Å². The highest BCUT2D eigenvalue weighted by Crippen LogP contribution is 2.26. The summed E-state index contributed by atoms with van der Waals surface area (Å²) in [6.07, 6.45) is 4.98.